The largest absolute Gasteiger partial charge is 0.494 e. The Morgan fingerprint density at radius 3 is 2.81 bits per heavy atom. The van der Waals surface area contributed by atoms with Crippen molar-refractivity contribution in [1.29, 1.82) is 0 Å². The number of fused-ring (bicyclic) bond motifs is 1. The third-order valence-corrected chi connectivity index (χ3v) is 3.99. The van der Waals surface area contributed by atoms with Gasteiger partial charge in [-0.1, -0.05) is 17.7 Å². The van der Waals surface area contributed by atoms with Gasteiger partial charge in [-0.15, -0.1) is 0 Å². The number of nitrogens with zero attached hydrogens (tertiary/aromatic N) is 2. The number of rotatable bonds is 2. The van der Waals surface area contributed by atoms with Crippen molar-refractivity contribution in [1.82, 2.24) is 9.55 Å². The van der Waals surface area contributed by atoms with E-state index in [1.165, 1.54) is 12.1 Å². The molecule has 0 atom stereocenters. The van der Waals surface area contributed by atoms with Crippen molar-refractivity contribution >= 4 is 44.5 Å². The molecular weight excluding hydrogens is 361 g/mol. The summed E-state index contributed by atoms with van der Waals surface area (Å²) in [5.74, 6) is 0.409. The predicted molar refractivity (Wildman–Crippen MR) is 84.7 cm³/mol. The van der Waals surface area contributed by atoms with Gasteiger partial charge in [0.15, 0.2) is 0 Å². The van der Waals surface area contributed by atoms with E-state index in [0.29, 0.717) is 21.4 Å². The summed E-state index contributed by atoms with van der Waals surface area (Å²) in [6.07, 6.45) is 0. The molecule has 21 heavy (non-hydrogen) atoms. The minimum Gasteiger partial charge on any atom is -0.494 e. The van der Waals surface area contributed by atoms with Gasteiger partial charge < -0.3 is 10.5 Å². The van der Waals surface area contributed by atoms with Crippen LogP contribution in [-0.2, 0) is 0 Å². The quantitative estimate of drug-likeness (QED) is 0.736. The summed E-state index contributed by atoms with van der Waals surface area (Å²) >= 11 is 9.48. The zero-order chi connectivity index (χ0) is 15.1. The highest BCUT2D eigenvalue weighted by Crippen LogP contribution is 2.36. The van der Waals surface area contributed by atoms with Crippen LogP contribution in [0.1, 0.15) is 0 Å². The molecule has 108 valence electrons. The molecule has 0 unspecified atom stereocenters. The first-order valence-electron chi connectivity index (χ1n) is 5.98. The average molecular weight is 371 g/mol. The van der Waals surface area contributed by atoms with Gasteiger partial charge in [0.05, 0.1) is 23.3 Å². The molecule has 1 aromatic heterocycles. The van der Waals surface area contributed by atoms with Crippen molar-refractivity contribution in [3.8, 4) is 11.4 Å². The number of ether oxygens (including phenoxy) is 1. The molecule has 3 aromatic rings. The highest BCUT2D eigenvalue weighted by atomic mass is 79.9. The predicted octanol–water partition coefficient (Wildman–Crippen LogP) is 4.17. The van der Waals surface area contributed by atoms with Gasteiger partial charge in [0.25, 0.3) is 0 Å². The highest BCUT2D eigenvalue weighted by Gasteiger charge is 2.18. The third-order valence-electron chi connectivity index (χ3n) is 3.10. The summed E-state index contributed by atoms with van der Waals surface area (Å²) < 4.78 is 20.8. The van der Waals surface area contributed by atoms with Crippen LogP contribution >= 0.6 is 27.5 Å². The van der Waals surface area contributed by atoms with Crippen LogP contribution in [0.4, 0.5) is 10.3 Å². The van der Waals surface area contributed by atoms with Gasteiger partial charge in [0.1, 0.15) is 17.1 Å². The molecule has 0 amide bonds. The Balaban J connectivity index is 2.39. The Kier molecular flexibility index (Phi) is 3.51. The number of imidazole rings is 1. The van der Waals surface area contributed by atoms with Crippen molar-refractivity contribution in [2.45, 2.75) is 0 Å². The number of hydrogen-bond acceptors (Lipinski definition) is 3. The molecule has 0 saturated carbocycles. The minimum absolute atomic E-state index is 0.232. The zero-order valence-electron chi connectivity index (χ0n) is 10.9. The summed E-state index contributed by atoms with van der Waals surface area (Å²) in [7, 11) is 1.56. The Labute approximate surface area is 133 Å². The van der Waals surface area contributed by atoms with Gasteiger partial charge in [0, 0.05) is 4.47 Å². The Morgan fingerprint density at radius 1 is 1.38 bits per heavy atom. The fourth-order valence-corrected chi connectivity index (χ4v) is 3.25. The number of halogens is 3. The second kappa shape index (κ2) is 5.20. The number of hydrogen-bond donors (Lipinski definition) is 1. The van der Waals surface area contributed by atoms with E-state index < -0.39 is 5.82 Å². The molecule has 0 aliphatic heterocycles. The van der Waals surface area contributed by atoms with Crippen molar-refractivity contribution in [3.05, 3.63) is 45.6 Å². The van der Waals surface area contributed by atoms with Crippen molar-refractivity contribution < 1.29 is 9.13 Å². The van der Waals surface area contributed by atoms with E-state index in [2.05, 4.69) is 20.9 Å². The lowest BCUT2D eigenvalue weighted by Crippen LogP contribution is -2.02. The van der Waals surface area contributed by atoms with Gasteiger partial charge in [-0.05, 0) is 40.2 Å². The van der Waals surface area contributed by atoms with Gasteiger partial charge in [-0.25, -0.2) is 9.37 Å². The first-order valence-corrected chi connectivity index (χ1v) is 7.16. The zero-order valence-corrected chi connectivity index (χ0v) is 13.2. The first-order chi connectivity index (χ1) is 10.0. The van der Waals surface area contributed by atoms with Gasteiger partial charge in [-0.2, -0.15) is 0 Å². The normalized spacial score (nSPS) is 11.0. The summed E-state index contributed by atoms with van der Waals surface area (Å²) in [5.41, 5.74) is 7.88. The van der Waals surface area contributed by atoms with Crippen LogP contribution in [0.2, 0.25) is 5.02 Å². The second-order valence-electron chi connectivity index (χ2n) is 4.35. The van der Waals surface area contributed by atoms with E-state index in [0.717, 1.165) is 5.52 Å². The molecule has 0 aliphatic rings. The fourth-order valence-electron chi connectivity index (χ4n) is 2.24. The summed E-state index contributed by atoms with van der Waals surface area (Å²) in [4.78, 5) is 4.31. The topological polar surface area (TPSA) is 53.1 Å². The van der Waals surface area contributed by atoms with Gasteiger partial charge >= 0.3 is 0 Å². The number of benzene rings is 2. The van der Waals surface area contributed by atoms with E-state index >= 15 is 0 Å². The lowest BCUT2D eigenvalue weighted by atomic mass is 10.2. The van der Waals surface area contributed by atoms with E-state index in [1.807, 2.05) is 12.1 Å². The Hall–Kier alpha value is -1.79. The molecule has 2 N–H and O–H groups in total. The van der Waals surface area contributed by atoms with Crippen molar-refractivity contribution in [2.75, 3.05) is 12.8 Å². The first kappa shape index (κ1) is 14.2. The standard InChI is InChI=1S/C14H10BrClFN3O/c1-21-11-4-2-3-10-12(11)19-14(18)20(10)13-8(15)5-7(17)6-9(13)16/h2-6H,1H3,(H2,18,19). The van der Waals surface area contributed by atoms with E-state index in [-0.39, 0.29) is 11.0 Å². The van der Waals surface area contributed by atoms with Crippen molar-refractivity contribution in [2.24, 2.45) is 0 Å². The molecule has 7 heteroatoms. The smallest absolute Gasteiger partial charge is 0.206 e. The minimum atomic E-state index is -0.434. The number of para-hydroxylation sites is 1. The van der Waals surface area contributed by atoms with Crippen LogP contribution in [0.3, 0.4) is 0 Å². The summed E-state index contributed by atoms with van der Waals surface area (Å²) in [6, 6.07) is 8.01. The number of methoxy groups -OCH3 is 1. The fraction of sp³-hybridized carbons (Fsp3) is 0.0714. The summed E-state index contributed by atoms with van der Waals surface area (Å²) in [5, 5.41) is 0.232. The molecule has 0 bridgehead atoms. The number of nitrogen functional groups attached to an aromatic ring is 1. The molecule has 4 nitrogen and oxygen atoms in total. The molecule has 0 radical (unpaired) electrons. The van der Waals surface area contributed by atoms with E-state index in [9.17, 15) is 4.39 Å². The van der Waals surface area contributed by atoms with Crippen LogP contribution in [-0.4, -0.2) is 16.7 Å². The van der Waals surface area contributed by atoms with Crippen LogP contribution in [0.5, 0.6) is 5.75 Å². The maximum absolute atomic E-state index is 13.4. The average Bonchev–Trinajstić information content (AvgIpc) is 2.74. The van der Waals surface area contributed by atoms with Crippen LogP contribution in [0, 0.1) is 5.82 Å². The van der Waals surface area contributed by atoms with Gasteiger partial charge in [-0.3, -0.25) is 4.57 Å². The highest BCUT2D eigenvalue weighted by molar-refractivity contribution is 9.10. The molecule has 0 spiro atoms. The monoisotopic (exact) mass is 369 g/mol. The Morgan fingerprint density at radius 2 is 2.14 bits per heavy atom. The van der Waals surface area contributed by atoms with Crippen LogP contribution in [0.15, 0.2) is 34.8 Å². The van der Waals surface area contributed by atoms with Crippen molar-refractivity contribution in [3.63, 3.8) is 0 Å². The molecule has 0 aliphatic carbocycles. The van der Waals surface area contributed by atoms with E-state index in [1.54, 1.807) is 17.7 Å². The molecule has 0 fully saturated rings. The van der Waals surface area contributed by atoms with Crippen LogP contribution < -0.4 is 10.5 Å². The SMILES string of the molecule is COc1cccc2c1nc(N)n2-c1c(Cl)cc(F)cc1Br. The number of aromatic nitrogens is 2. The van der Waals surface area contributed by atoms with E-state index in [4.69, 9.17) is 22.1 Å². The molecule has 3 rings (SSSR count). The lowest BCUT2D eigenvalue weighted by Gasteiger charge is -2.11. The third kappa shape index (κ3) is 2.24. The van der Waals surface area contributed by atoms with Crippen LogP contribution in [0.25, 0.3) is 16.7 Å². The number of anilines is 1. The molecular formula is C14H10BrClFN3O. The maximum Gasteiger partial charge on any atom is 0.206 e. The lowest BCUT2D eigenvalue weighted by molar-refractivity contribution is 0.419. The van der Waals surface area contributed by atoms with Gasteiger partial charge in [0.2, 0.25) is 5.95 Å². The molecule has 2 aromatic carbocycles. The molecule has 0 saturated heterocycles. The summed E-state index contributed by atoms with van der Waals surface area (Å²) in [6.45, 7) is 0. The molecule has 1 heterocycles. The Bertz CT molecular complexity index is 827. The number of nitrogens with two attached hydrogens (primary N) is 1. The maximum atomic E-state index is 13.4. The second-order valence-corrected chi connectivity index (χ2v) is 5.61.